The minimum Gasteiger partial charge on any atom is -0.488 e. The molecule has 20 heavy (non-hydrogen) atoms. The van der Waals surface area contributed by atoms with Gasteiger partial charge in [0.05, 0.1) is 0 Å². The molecule has 0 bridgehead atoms. The van der Waals surface area contributed by atoms with Crippen LogP contribution in [-0.2, 0) is 6.42 Å². The van der Waals surface area contributed by atoms with Crippen LogP contribution in [0.5, 0.6) is 5.75 Å². The highest BCUT2D eigenvalue weighted by Gasteiger charge is 2.35. The molecule has 1 saturated heterocycles. The largest absolute Gasteiger partial charge is 0.488 e. The molecule has 0 saturated carbocycles. The molecule has 2 atom stereocenters. The average Bonchev–Trinajstić information content (AvgIpc) is 2.93. The molecule has 3 rings (SSSR count). The van der Waals surface area contributed by atoms with Crippen molar-refractivity contribution in [2.24, 2.45) is 5.41 Å². The Hall–Kier alpha value is -1.06. The van der Waals surface area contributed by atoms with Crippen molar-refractivity contribution in [3.63, 3.8) is 0 Å². The second-order valence-corrected chi connectivity index (χ2v) is 6.88. The first-order valence-electron chi connectivity index (χ1n) is 7.71. The van der Waals surface area contributed by atoms with E-state index < -0.39 is 0 Å². The summed E-state index contributed by atoms with van der Waals surface area (Å²) in [5.74, 6) is 1.10. The zero-order valence-electron chi connectivity index (χ0n) is 12.9. The Morgan fingerprint density at radius 2 is 2.30 bits per heavy atom. The lowest BCUT2D eigenvalue weighted by Gasteiger charge is -2.25. The van der Waals surface area contributed by atoms with E-state index in [-0.39, 0.29) is 0 Å². The number of rotatable bonds is 4. The van der Waals surface area contributed by atoms with E-state index in [9.17, 15) is 0 Å². The van der Waals surface area contributed by atoms with Crippen molar-refractivity contribution in [1.82, 2.24) is 10.2 Å². The number of aryl methyl sites for hydroxylation is 1. The Kier molecular flexibility index (Phi) is 3.74. The highest BCUT2D eigenvalue weighted by atomic mass is 16.5. The third kappa shape index (κ3) is 2.84. The standard InChI is InChI=1S/C17H26N2O/c1-13-4-5-16-14(8-13)9-15(20-16)10-19-7-6-17(2,12-19)11-18-3/h4-5,8,15,18H,6-7,9-12H2,1-3H3. The Bertz CT molecular complexity index is 488. The quantitative estimate of drug-likeness (QED) is 0.911. The molecular weight excluding hydrogens is 248 g/mol. The third-order valence-electron chi connectivity index (χ3n) is 4.66. The molecule has 0 aliphatic carbocycles. The van der Waals surface area contributed by atoms with Gasteiger partial charge in [-0.1, -0.05) is 24.6 Å². The SMILES string of the molecule is CNCC1(C)CCN(CC2Cc3cc(C)ccc3O2)C1. The van der Waals surface area contributed by atoms with E-state index in [1.54, 1.807) is 0 Å². The molecule has 1 aromatic carbocycles. The Labute approximate surface area is 122 Å². The van der Waals surface area contributed by atoms with Gasteiger partial charge in [0.15, 0.2) is 0 Å². The lowest BCUT2D eigenvalue weighted by Crippen LogP contribution is -2.37. The van der Waals surface area contributed by atoms with Gasteiger partial charge in [-0.15, -0.1) is 0 Å². The van der Waals surface area contributed by atoms with Gasteiger partial charge in [0, 0.05) is 26.1 Å². The van der Waals surface area contributed by atoms with Crippen LogP contribution in [-0.4, -0.2) is 44.2 Å². The van der Waals surface area contributed by atoms with Crippen molar-refractivity contribution in [1.29, 1.82) is 0 Å². The molecule has 0 radical (unpaired) electrons. The number of benzene rings is 1. The van der Waals surface area contributed by atoms with Crippen molar-refractivity contribution in [3.05, 3.63) is 29.3 Å². The monoisotopic (exact) mass is 274 g/mol. The fraction of sp³-hybridized carbons (Fsp3) is 0.647. The zero-order valence-corrected chi connectivity index (χ0v) is 12.9. The molecule has 0 spiro atoms. The molecular formula is C17H26N2O. The van der Waals surface area contributed by atoms with Crippen LogP contribution in [0.1, 0.15) is 24.5 Å². The van der Waals surface area contributed by atoms with Crippen LogP contribution in [0.4, 0.5) is 0 Å². The summed E-state index contributed by atoms with van der Waals surface area (Å²) in [6.45, 7) is 9.09. The molecule has 1 aromatic rings. The molecule has 2 aliphatic rings. The summed E-state index contributed by atoms with van der Waals surface area (Å²) in [7, 11) is 2.05. The van der Waals surface area contributed by atoms with Gasteiger partial charge in [0.1, 0.15) is 11.9 Å². The first kappa shape index (κ1) is 13.9. The van der Waals surface area contributed by atoms with Gasteiger partial charge in [-0.25, -0.2) is 0 Å². The molecule has 0 aromatic heterocycles. The van der Waals surface area contributed by atoms with E-state index in [1.165, 1.54) is 30.6 Å². The maximum atomic E-state index is 6.09. The van der Waals surface area contributed by atoms with Crippen molar-refractivity contribution in [2.45, 2.75) is 32.8 Å². The van der Waals surface area contributed by atoms with Crippen molar-refractivity contribution >= 4 is 0 Å². The van der Waals surface area contributed by atoms with Crippen LogP contribution in [0, 0.1) is 12.3 Å². The predicted molar refractivity (Wildman–Crippen MR) is 82.4 cm³/mol. The number of fused-ring (bicyclic) bond motifs is 1. The maximum absolute atomic E-state index is 6.09. The highest BCUT2D eigenvalue weighted by molar-refractivity contribution is 5.40. The molecule has 2 unspecified atom stereocenters. The molecule has 1 N–H and O–H groups in total. The van der Waals surface area contributed by atoms with Crippen LogP contribution >= 0.6 is 0 Å². The summed E-state index contributed by atoms with van der Waals surface area (Å²) < 4.78 is 6.09. The molecule has 0 amide bonds. The number of hydrogen-bond donors (Lipinski definition) is 1. The topological polar surface area (TPSA) is 24.5 Å². The van der Waals surface area contributed by atoms with Crippen molar-refractivity contribution < 1.29 is 4.74 Å². The van der Waals surface area contributed by atoms with Gasteiger partial charge in [-0.2, -0.15) is 0 Å². The summed E-state index contributed by atoms with van der Waals surface area (Å²) in [5, 5.41) is 3.33. The number of nitrogens with one attached hydrogen (secondary N) is 1. The highest BCUT2D eigenvalue weighted by Crippen LogP contribution is 2.33. The van der Waals surface area contributed by atoms with Crippen molar-refractivity contribution in [2.75, 3.05) is 33.2 Å². The minimum absolute atomic E-state index is 0.337. The molecule has 3 heteroatoms. The average molecular weight is 274 g/mol. The molecule has 1 fully saturated rings. The summed E-state index contributed by atoms with van der Waals surface area (Å²) in [6.07, 6.45) is 2.69. The van der Waals surface area contributed by atoms with Crippen LogP contribution in [0.2, 0.25) is 0 Å². The number of hydrogen-bond acceptors (Lipinski definition) is 3. The van der Waals surface area contributed by atoms with Crippen LogP contribution in [0.3, 0.4) is 0 Å². The Morgan fingerprint density at radius 3 is 3.10 bits per heavy atom. The molecule has 2 heterocycles. The van der Waals surface area contributed by atoms with E-state index in [0.717, 1.165) is 25.3 Å². The normalized spacial score (nSPS) is 29.4. The molecule has 2 aliphatic heterocycles. The van der Waals surface area contributed by atoms with Gasteiger partial charge in [-0.3, -0.25) is 4.90 Å². The van der Waals surface area contributed by atoms with E-state index in [4.69, 9.17) is 4.74 Å². The second-order valence-electron chi connectivity index (χ2n) is 6.88. The number of nitrogens with zero attached hydrogens (tertiary/aromatic N) is 1. The Morgan fingerprint density at radius 1 is 1.45 bits per heavy atom. The molecule has 3 nitrogen and oxygen atoms in total. The van der Waals surface area contributed by atoms with Gasteiger partial charge < -0.3 is 10.1 Å². The van der Waals surface area contributed by atoms with Gasteiger partial charge in [0.25, 0.3) is 0 Å². The number of ether oxygens (including phenoxy) is 1. The minimum atomic E-state index is 0.337. The zero-order chi connectivity index (χ0) is 14.2. The lowest BCUT2D eigenvalue weighted by molar-refractivity contribution is 0.158. The molecule has 110 valence electrons. The maximum Gasteiger partial charge on any atom is 0.123 e. The smallest absolute Gasteiger partial charge is 0.123 e. The Balaban J connectivity index is 1.56. The van der Waals surface area contributed by atoms with E-state index >= 15 is 0 Å². The third-order valence-corrected chi connectivity index (χ3v) is 4.66. The summed E-state index contributed by atoms with van der Waals surface area (Å²) in [5.41, 5.74) is 3.14. The van der Waals surface area contributed by atoms with Crippen LogP contribution < -0.4 is 10.1 Å². The predicted octanol–water partition coefficient (Wildman–Crippen LogP) is 2.23. The van der Waals surface area contributed by atoms with Crippen LogP contribution in [0.25, 0.3) is 0 Å². The summed E-state index contributed by atoms with van der Waals surface area (Å²) >= 11 is 0. The number of likely N-dealkylation sites (tertiary alicyclic amines) is 1. The van der Waals surface area contributed by atoms with E-state index in [2.05, 4.69) is 42.3 Å². The second kappa shape index (κ2) is 5.38. The summed E-state index contributed by atoms with van der Waals surface area (Å²) in [4.78, 5) is 2.57. The van der Waals surface area contributed by atoms with Gasteiger partial charge >= 0.3 is 0 Å². The lowest BCUT2D eigenvalue weighted by atomic mass is 9.90. The first-order valence-corrected chi connectivity index (χ1v) is 7.71. The van der Waals surface area contributed by atoms with E-state index in [0.29, 0.717) is 11.5 Å². The van der Waals surface area contributed by atoms with Gasteiger partial charge in [-0.05, 0) is 44.0 Å². The van der Waals surface area contributed by atoms with Crippen LogP contribution in [0.15, 0.2) is 18.2 Å². The van der Waals surface area contributed by atoms with Crippen molar-refractivity contribution in [3.8, 4) is 5.75 Å². The fourth-order valence-corrected chi connectivity index (χ4v) is 3.69. The summed E-state index contributed by atoms with van der Waals surface area (Å²) in [6, 6.07) is 6.53. The van der Waals surface area contributed by atoms with Gasteiger partial charge in [0.2, 0.25) is 0 Å². The van der Waals surface area contributed by atoms with E-state index in [1.807, 2.05) is 7.05 Å². The fourth-order valence-electron chi connectivity index (χ4n) is 3.69. The first-order chi connectivity index (χ1) is 9.58.